The molecule has 1 aliphatic rings. The third-order valence-electron chi connectivity index (χ3n) is 4.05. The average Bonchev–Trinajstić information content (AvgIpc) is 2.34. The Hall–Kier alpha value is -1.51. The van der Waals surface area contributed by atoms with Crippen molar-refractivity contribution in [2.75, 3.05) is 19.1 Å². The minimum atomic E-state index is -0.261. The molecule has 1 aliphatic heterocycles. The summed E-state index contributed by atoms with van der Waals surface area (Å²) in [5.41, 5.74) is 2.97. The second-order valence-electron chi connectivity index (χ2n) is 5.71. The van der Waals surface area contributed by atoms with E-state index in [1.165, 1.54) is 12.7 Å². The molecule has 0 saturated carbocycles. The van der Waals surface area contributed by atoms with Gasteiger partial charge in [-0.2, -0.15) is 0 Å². The highest BCUT2D eigenvalue weighted by Gasteiger charge is 2.36. The molecular formula is C15H21NO2. The maximum absolute atomic E-state index is 11.9. The molecule has 0 aromatic heterocycles. The van der Waals surface area contributed by atoms with E-state index in [4.69, 9.17) is 4.74 Å². The van der Waals surface area contributed by atoms with Crippen LogP contribution < -0.4 is 4.90 Å². The summed E-state index contributed by atoms with van der Waals surface area (Å²) in [5.74, 6) is 0.194. The van der Waals surface area contributed by atoms with Crippen LogP contribution in [0.15, 0.2) is 18.2 Å². The van der Waals surface area contributed by atoms with E-state index in [0.717, 1.165) is 12.1 Å². The van der Waals surface area contributed by atoms with Crippen molar-refractivity contribution in [2.24, 2.45) is 0 Å². The number of nitrogens with zero attached hydrogens (tertiary/aromatic N) is 1. The van der Waals surface area contributed by atoms with Crippen molar-refractivity contribution >= 4 is 11.7 Å². The number of carbonyl (C=O) groups excluding carboxylic acids is 1. The summed E-state index contributed by atoms with van der Waals surface area (Å²) < 4.78 is 4.89. The molecule has 1 atom stereocenters. The molecule has 18 heavy (non-hydrogen) atoms. The summed E-state index contributed by atoms with van der Waals surface area (Å²) in [7, 11) is 3.48. The quantitative estimate of drug-likeness (QED) is 0.714. The smallest absolute Gasteiger partial charge is 0.339 e. The summed E-state index contributed by atoms with van der Waals surface area (Å²) in [6, 6.07) is 5.89. The normalized spacial score (nSPS) is 21.4. The lowest BCUT2D eigenvalue weighted by molar-refractivity contribution is 0.0601. The Morgan fingerprint density at radius 2 is 2.11 bits per heavy atom. The summed E-state index contributed by atoms with van der Waals surface area (Å²) >= 11 is 0. The zero-order chi connectivity index (χ0) is 13.5. The number of ether oxygens (including phenoxy) is 1. The monoisotopic (exact) mass is 247 g/mol. The van der Waals surface area contributed by atoms with Crippen molar-refractivity contribution in [1.29, 1.82) is 0 Å². The summed E-state index contributed by atoms with van der Waals surface area (Å²) in [6.45, 7) is 6.63. The van der Waals surface area contributed by atoms with Crippen LogP contribution in [0.1, 0.15) is 49.0 Å². The van der Waals surface area contributed by atoms with Crippen LogP contribution >= 0.6 is 0 Å². The number of para-hydroxylation sites is 1. The number of benzene rings is 1. The van der Waals surface area contributed by atoms with Gasteiger partial charge in [0, 0.05) is 12.6 Å². The molecule has 0 radical (unpaired) electrons. The Kier molecular flexibility index (Phi) is 3.09. The average molecular weight is 247 g/mol. The fourth-order valence-corrected chi connectivity index (χ4v) is 2.91. The third kappa shape index (κ3) is 1.88. The van der Waals surface area contributed by atoms with Gasteiger partial charge in [0.25, 0.3) is 0 Å². The number of esters is 1. The second kappa shape index (κ2) is 4.30. The molecule has 0 saturated heterocycles. The molecule has 0 N–H and O–H groups in total. The number of carbonyl (C=O) groups is 1. The largest absolute Gasteiger partial charge is 0.465 e. The van der Waals surface area contributed by atoms with Gasteiger partial charge >= 0.3 is 5.97 Å². The Balaban J connectivity index is 2.63. The van der Waals surface area contributed by atoms with E-state index in [2.05, 4.69) is 38.8 Å². The first kappa shape index (κ1) is 12.9. The van der Waals surface area contributed by atoms with Crippen LogP contribution in [-0.2, 0) is 4.74 Å². The predicted octanol–water partition coefficient (Wildman–Crippen LogP) is 3.20. The van der Waals surface area contributed by atoms with Gasteiger partial charge in [-0.25, -0.2) is 4.79 Å². The van der Waals surface area contributed by atoms with Gasteiger partial charge in [0.1, 0.15) is 0 Å². The first-order valence-corrected chi connectivity index (χ1v) is 6.33. The lowest BCUT2D eigenvalue weighted by Crippen LogP contribution is -2.46. The number of rotatable bonds is 1. The van der Waals surface area contributed by atoms with Crippen LogP contribution in [0.2, 0.25) is 0 Å². The van der Waals surface area contributed by atoms with Crippen molar-refractivity contribution in [1.82, 2.24) is 0 Å². The third-order valence-corrected chi connectivity index (χ3v) is 4.05. The van der Waals surface area contributed by atoms with Crippen molar-refractivity contribution < 1.29 is 9.53 Å². The van der Waals surface area contributed by atoms with Gasteiger partial charge in [-0.1, -0.05) is 19.1 Å². The molecule has 0 bridgehead atoms. The van der Waals surface area contributed by atoms with Gasteiger partial charge in [0.05, 0.1) is 18.4 Å². The van der Waals surface area contributed by atoms with E-state index >= 15 is 0 Å². The lowest BCUT2D eigenvalue weighted by atomic mass is 9.79. The number of hydrogen-bond donors (Lipinski definition) is 0. The van der Waals surface area contributed by atoms with Crippen molar-refractivity contribution in [3.8, 4) is 0 Å². The Labute approximate surface area is 109 Å². The zero-order valence-electron chi connectivity index (χ0n) is 11.8. The van der Waals surface area contributed by atoms with Gasteiger partial charge in [-0.05, 0) is 37.8 Å². The fraction of sp³-hybridized carbons (Fsp3) is 0.533. The highest BCUT2D eigenvalue weighted by Crippen LogP contribution is 2.44. The highest BCUT2D eigenvalue weighted by atomic mass is 16.5. The zero-order valence-corrected chi connectivity index (χ0v) is 11.8. The molecule has 1 heterocycles. The molecule has 0 amide bonds. The topological polar surface area (TPSA) is 29.5 Å². The standard InChI is InChI=1S/C15H21NO2/c1-10-9-15(2,3)16(4)13-11(10)7-6-8-12(13)14(17)18-5/h6-8,10H,9H2,1-5H3/t10-/m1/s1. The van der Waals surface area contributed by atoms with Crippen LogP contribution in [0.4, 0.5) is 5.69 Å². The summed E-state index contributed by atoms with van der Waals surface area (Å²) in [5, 5.41) is 0. The molecule has 3 nitrogen and oxygen atoms in total. The predicted molar refractivity (Wildman–Crippen MR) is 73.3 cm³/mol. The molecule has 1 aromatic carbocycles. The second-order valence-corrected chi connectivity index (χ2v) is 5.71. The first-order chi connectivity index (χ1) is 8.38. The minimum Gasteiger partial charge on any atom is -0.465 e. The lowest BCUT2D eigenvalue weighted by Gasteiger charge is -2.46. The van der Waals surface area contributed by atoms with Gasteiger partial charge in [0.2, 0.25) is 0 Å². The van der Waals surface area contributed by atoms with E-state index in [1.807, 2.05) is 12.1 Å². The van der Waals surface area contributed by atoms with Crippen LogP contribution in [0.25, 0.3) is 0 Å². The van der Waals surface area contributed by atoms with Gasteiger partial charge in [-0.3, -0.25) is 0 Å². The van der Waals surface area contributed by atoms with Crippen molar-refractivity contribution in [2.45, 2.75) is 38.6 Å². The molecule has 1 aromatic rings. The molecule has 0 unspecified atom stereocenters. The van der Waals surface area contributed by atoms with Crippen LogP contribution in [-0.4, -0.2) is 25.7 Å². The van der Waals surface area contributed by atoms with E-state index in [1.54, 1.807) is 0 Å². The van der Waals surface area contributed by atoms with E-state index in [-0.39, 0.29) is 11.5 Å². The Morgan fingerprint density at radius 3 is 2.72 bits per heavy atom. The molecule has 0 aliphatic carbocycles. The van der Waals surface area contributed by atoms with E-state index < -0.39 is 0 Å². The maximum Gasteiger partial charge on any atom is 0.339 e. The van der Waals surface area contributed by atoms with E-state index in [0.29, 0.717) is 11.5 Å². The van der Waals surface area contributed by atoms with E-state index in [9.17, 15) is 4.79 Å². The molecule has 0 spiro atoms. The molecule has 2 rings (SSSR count). The fourth-order valence-electron chi connectivity index (χ4n) is 2.91. The molecular weight excluding hydrogens is 226 g/mol. The van der Waals surface area contributed by atoms with Gasteiger partial charge in [-0.15, -0.1) is 0 Å². The van der Waals surface area contributed by atoms with Crippen molar-refractivity contribution in [3.05, 3.63) is 29.3 Å². The highest BCUT2D eigenvalue weighted by molar-refractivity contribution is 5.97. The maximum atomic E-state index is 11.9. The van der Waals surface area contributed by atoms with Crippen LogP contribution in [0.5, 0.6) is 0 Å². The van der Waals surface area contributed by atoms with Gasteiger partial charge < -0.3 is 9.64 Å². The summed E-state index contributed by atoms with van der Waals surface area (Å²) in [4.78, 5) is 14.1. The Morgan fingerprint density at radius 1 is 1.44 bits per heavy atom. The summed E-state index contributed by atoms with van der Waals surface area (Å²) in [6.07, 6.45) is 1.08. The number of anilines is 1. The molecule has 0 fully saturated rings. The number of fused-ring (bicyclic) bond motifs is 1. The minimum absolute atomic E-state index is 0.0521. The van der Waals surface area contributed by atoms with Crippen LogP contribution in [0, 0.1) is 0 Å². The number of methoxy groups -OCH3 is 1. The number of hydrogen-bond acceptors (Lipinski definition) is 3. The molecule has 3 heteroatoms. The van der Waals surface area contributed by atoms with Crippen molar-refractivity contribution in [3.63, 3.8) is 0 Å². The van der Waals surface area contributed by atoms with Crippen LogP contribution in [0.3, 0.4) is 0 Å². The van der Waals surface area contributed by atoms with Gasteiger partial charge in [0.15, 0.2) is 0 Å². The first-order valence-electron chi connectivity index (χ1n) is 6.33. The molecule has 98 valence electrons. The SMILES string of the molecule is COC(=O)c1cccc2c1N(C)C(C)(C)C[C@H]2C. The Bertz CT molecular complexity index is 479.